The third kappa shape index (κ3) is 1.96. The Morgan fingerprint density at radius 3 is 2.86 bits per heavy atom. The van der Waals surface area contributed by atoms with Gasteiger partial charge in [0.1, 0.15) is 0 Å². The van der Waals surface area contributed by atoms with E-state index in [0.29, 0.717) is 6.04 Å². The Hall–Kier alpha value is -0.870. The molecule has 1 saturated heterocycles. The highest BCUT2D eigenvalue weighted by atomic mass is 79.9. The van der Waals surface area contributed by atoms with Crippen LogP contribution in [0.15, 0.2) is 22.7 Å². The second-order valence-corrected chi connectivity index (χ2v) is 4.17. The van der Waals surface area contributed by atoms with Crippen LogP contribution in [0.25, 0.3) is 0 Å². The summed E-state index contributed by atoms with van der Waals surface area (Å²) in [4.78, 5) is 0. The lowest BCUT2D eigenvalue weighted by atomic mass is 10.1. The van der Waals surface area contributed by atoms with Gasteiger partial charge in [-0.1, -0.05) is 22.0 Å². The van der Waals surface area contributed by atoms with Crippen molar-refractivity contribution >= 4 is 27.8 Å². The Labute approximate surface area is 91.1 Å². The summed E-state index contributed by atoms with van der Waals surface area (Å²) in [7, 11) is 0. The van der Waals surface area contributed by atoms with E-state index < -0.39 is 0 Å². The molecule has 1 heterocycles. The first-order chi connectivity index (χ1) is 6.79. The predicted octanol–water partition coefficient (Wildman–Crippen LogP) is 2.26. The molecule has 0 amide bonds. The van der Waals surface area contributed by atoms with Crippen LogP contribution < -0.4 is 5.32 Å². The van der Waals surface area contributed by atoms with Crippen molar-refractivity contribution in [3.8, 4) is 0 Å². The fourth-order valence-corrected chi connectivity index (χ4v) is 1.68. The van der Waals surface area contributed by atoms with E-state index >= 15 is 0 Å². The monoisotopic (exact) mass is 254 g/mol. The lowest BCUT2D eigenvalue weighted by molar-refractivity contribution is 0.0211. The standard InChI is InChI=1S/C10H11BrN2O/c11-8-2-1-7(4-12)10(3-8)13-9-5-14-6-9/h1-4,9,12-13H,5-6H2. The first kappa shape index (κ1) is 9.68. The van der Waals surface area contributed by atoms with Crippen LogP contribution in [0, 0.1) is 5.41 Å². The summed E-state index contributed by atoms with van der Waals surface area (Å²) in [5.74, 6) is 0. The molecule has 0 bridgehead atoms. The van der Waals surface area contributed by atoms with Gasteiger partial charge in [-0.25, -0.2) is 0 Å². The third-order valence-electron chi connectivity index (χ3n) is 2.17. The van der Waals surface area contributed by atoms with Gasteiger partial charge in [0.2, 0.25) is 0 Å². The first-order valence-corrected chi connectivity index (χ1v) is 5.23. The Bertz CT molecular complexity index is 350. The fourth-order valence-electron chi connectivity index (χ4n) is 1.32. The van der Waals surface area contributed by atoms with Gasteiger partial charge < -0.3 is 15.5 Å². The van der Waals surface area contributed by atoms with Crippen LogP contribution in [0.2, 0.25) is 0 Å². The normalized spacial score (nSPS) is 16.1. The number of rotatable bonds is 3. The van der Waals surface area contributed by atoms with E-state index in [9.17, 15) is 0 Å². The molecular formula is C10H11BrN2O. The van der Waals surface area contributed by atoms with Crippen molar-refractivity contribution in [2.24, 2.45) is 0 Å². The van der Waals surface area contributed by atoms with Crippen molar-refractivity contribution in [1.82, 2.24) is 0 Å². The Morgan fingerprint density at radius 1 is 1.50 bits per heavy atom. The summed E-state index contributed by atoms with van der Waals surface area (Å²) >= 11 is 3.41. The van der Waals surface area contributed by atoms with Crippen LogP contribution in [0.5, 0.6) is 0 Å². The second kappa shape index (κ2) is 4.11. The quantitative estimate of drug-likeness (QED) is 0.813. The van der Waals surface area contributed by atoms with Crippen LogP contribution in [0.3, 0.4) is 0 Å². The molecule has 0 atom stereocenters. The van der Waals surface area contributed by atoms with Crippen molar-refractivity contribution in [1.29, 1.82) is 5.41 Å². The first-order valence-electron chi connectivity index (χ1n) is 4.44. The zero-order valence-electron chi connectivity index (χ0n) is 7.59. The minimum Gasteiger partial charge on any atom is -0.377 e. The highest BCUT2D eigenvalue weighted by Gasteiger charge is 2.18. The minimum atomic E-state index is 0.392. The molecule has 4 heteroatoms. The fraction of sp³-hybridized carbons (Fsp3) is 0.300. The number of hydrogen-bond acceptors (Lipinski definition) is 3. The number of halogens is 1. The van der Waals surface area contributed by atoms with Crippen LogP contribution in [0.4, 0.5) is 5.69 Å². The van der Waals surface area contributed by atoms with Crippen molar-refractivity contribution < 1.29 is 4.74 Å². The predicted molar refractivity (Wildman–Crippen MR) is 60.3 cm³/mol. The molecule has 1 fully saturated rings. The van der Waals surface area contributed by atoms with E-state index in [1.165, 1.54) is 6.21 Å². The summed E-state index contributed by atoms with van der Waals surface area (Å²) in [6, 6.07) is 6.23. The number of nitrogens with one attached hydrogen (secondary N) is 2. The van der Waals surface area contributed by atoms with Gasteiger partial charge in [0.25, 0.3) is 0 Å². The molecule has 3 nitrogen and oxygen atoms in total. The largest absolute Gasteiger partial charge is 0.377 e. The molecule has 14 heavy (non-hydrogen) atoms. The SMILES string of the molecule is N=Cc1ccc(Br)cc1NC1COC1. The van der Waals surface area contributed by atoms with E-state index in [1.54, 1.807) is 0 Å². The average molecular weight is 255 g/mol. The molecule has 1 aliphatic heterocycles. The molecule has 1 aromatic rings. The van der Waals surface area contributed by atoms with Gasteiger partial charge in [-0.2, -0.15) is 0 Å². The van der Waals surface area contributed by atoms with Gasteiger partial charge in [0.05, 0.1) is 19.3 Å². The third-order valence-corrected chi connectivity index (χ3v) is 2.66. The van der Waals surface area contributed by atoms with Crippen molar-refractivity contribution in [2.75, 3.05) is 18.5 Å². The zero-order chi connectivity index (χ0) is 9.97. The number of hydrogen-bond donors (Lipinski definition) is 2. The van der Waals surface area contributed by atoms with E-state index in [2.05, 4.69) is 21.2 Å². The van der Waals surface area contributed by atoms with E-state index in [4.69, 9.17) is 10.1 Å². The molecule has 1 aromatic carbocycles. The maximum Gasteiger partial charge on any atom is 0.0728 e. The summed E-state index contributed by atoms with van der Waals surface area (Å²) in [5.41, 5.74) is 1.89. The molecule has 0 spiro atoms. The van der Waals surface area contributed by atoms with Crippen molar-refractivity contribution in [3.63, 3.8) is 0 Å². The van der Waals surface area contributed by atoms with Crippen LogP contribution in [-0.2, 0) is 4.74 Å². The lowest BCUT2D eigenvalue weighted by Crippen LogP contribution is -2.40. The summed E-state index contributed by atoms with van der Waals surface area (Å²) in [5, 5.41) is 10.6. The molecule has 2 N–H and O–H groups in total. The Kier molecular flexibility index (Phi) is 2.84. The molecule has 74 valence electrons. The van der Waals surface area contributed by atoms with Crippen LogP contribution in [0.1, 0.15) is 5.56 Å². The highest BCUT2D eigenvalue weighted by Crippen LogP contribution is 2.22. The van der Waals surface area contributed by atoms with Gasteiger partial charge in [-0.3, -0.25) is 0 Å². The van der Waals surface area contributed by atoms with Gasteiger partial charge in [-0.15, -0.1) is 0 Å². The molecular weight excluding hydrogens is 244 g/mol. The van der Waals surface area contributed by atoms with Gasteiger partial charge in [-0.05, 0) is 12.1 Å². The molecule has 2 rings (SSSR count). The summed E-state index contributed by atoms with van der Waals surface area (Å²) < 4.78 is 6.10. The number of anilines is 1. The second-order valence-electron chi connectivity index (χ2n) is 3.25. The minimum absolute atomic E-state index is 0.392. The molecule has 0 aromatic heterocycles. The van der Waals surface area contributed by atoms with E-state index in [1.807, 2.05) is 18.2 Å². The average Bonchev–Trinajstić information content (AvgIpc) is 2.12. The van der Waals surface area contributed by atoms with Crippen LogP contribution in [-0.4, -0.2) is 25.5 Å². The molecule has 0 saturated carbocycles. The van der Waals surface area contributed by atoms with E-state index in [-0.39, 0.29) is 0 Å². The van der Waals surface area contributed by atoms with Crippen molar-refractivity contribution in [2.45, 2.75) is 6.04 Å². The van der Waals surface area contributed by atoms with Crippen molar-refractivity contribution in [3.05, 3.63) is 28.2 Å². The zero-order valence-corrected chi connectivity index (χ0v) is 9.17. The van der Waals surface area contributed by atoms with Gasteiger partial charge in [0, 0.05) is 21.9 Å². The number of ether oxygens (including phenoxy) is 1. The molecule has 0 aliphatic carbocycles. The highest BCUT2D eigenvalue weighted by molar-refractivity contribution is 9.10. The van der Waals surface area contributed by atoms with Crippen LogP contribution >= 0.6 is 15.9 Å². The van der Waals surface area contributed by atoms with Gasteiger partial charge in [0.15, 0.2) is 0 Å². The maximum atomic E-state index is 7.26. The topological polar surface area (TPSA) is 45.1 Å². The Balaban J connectivity index is 2.19. The summed E-state index contributed by atoms with van der Waals surface area (Å²) in [6.07, 6.45) is 1.36. The summed E-state index contributed by atoms with van der Waals surface area (Å²) in [6.45, 7) is 1.51. The van der Waals surface area contributed by atoms with E-state index in [0.717, 1.165) is 28.9 Å². The smallest absolute Gasteiger partial charge is 0.0728 e. The molecule has 0 radical (unpaired) electrons. The Morgan fingerprint density at radius 2 is 2.29 bits per heavy atom. The maximum absolute atomic E-state index is 7.26. The lowest BCUT2D eigenvalue weighted by Gasteiger charge is -2.28. The number of benzene rings is 1. The molecule has 1 aliphatic rings. The van der Waals surface area contributed by atoms with Gasteiger partial charge >= 0.3 is 0 Å². The molecule has 0 unspecified atom stereocenters.